The summed E-state index contributed by atoms with van der Waals surface area (Å²) in [4.78, 5) is 11.4. The predicted octanol–water partition coefficient (Wildman–Crippen LogP) is 4.83. The Balaban J connectivity index is 2.17. The minimum Gasteiger partial charge on any atom is -0.488 e. The highest BCUT2D eigenvalue weighted by Crippen LogP contribution is 2.31. The van der Waals surface area contributed by atoms with Gasteiger partial charge in [-0.25, -0.2) is 8.78 Å². The first-order valence-electron chi connectivity index (χ1n) is 7.31. The Morgan fingerprint density at radius 2 is 1.87 bits per heavy atom. The third-order valence-corrected chi connectivity index (χ3v) is 3.27. The molecular formula is C18H18F2O3. The van der Waals surface area contributed by atoms with E-state index in [4.69, 9.17) is 9.47 Å². The molecular weight excluding hydrogens is 302 g/mol. The van der Waals surface area contributed by atoms with Crippen molar-refractivity contribution >= 4 is 5.97 Å². The smallest absolute Gasteiger partial charge is 0.310 e. The number of ether oxygens (including phenoxy) is 2. The molecule has 0 atom stereocenters. The van der Waals surface area contributed by atoms with Crippen molar-refractivity contribution in [3.63, 3.8) is 0 Å². The molecule has 0 aliphatic carbocycles. The molecule has 5 heteroatoms. The summed E-state index contributed by atoms with van der Waals surface area (Å²) in [5.74, 6) is 0.147. The number of para-hydroxylation sites is 1. The van der Waals surface area contributed by atoms with Crippen molar-refractivity contribution < 1.29 is 23.0 Å². The maximum absolute atomic E-state index is 13.1. The summed E-state index contributed by atoms with van der Waals surface area (Å²) in [7, 11) is 0. The molecule has 0 N–H and O–H groups in total. The van der Waals surface area contributed by atoms with E-state index >= 15 is 0 Å². The molecule has 0 unspecified atom stereocenters. The fourth-order valence-electron chi connectivity index (χ4n) is 2.04. The first kappa shape index (κ1) is 16.9. The van der Waals surface area contributed by atoms with Crippen LogP contribution in [0.4, 0.5) is 8.78 Å². The topological polar surface area (TPSA) is 35.5 Å². The van der Waals surface area contributed by atoms with E-state index in [0.29, 0.717) is 11.3 Å². The first-order valence-corrected chi connectivity index (χ1v) is 7.31. The number of esters is 1. The average molecular weight is 320 g/mol. The molecule has 3 nitrogen and oxygen atoms in total. The van der Waals surface area contributed by atoms with Gasteiger partial charge in [0.25, 0.3) is 6.43 Å². The zero-order valence-corrected chi connectivity index (χ0v) is 13.0. The lowest BCUT2D eigenvalue weighted by Gasteiger charge is -2.14. The molecule has 0 bridgehead atoms. The molecule has 2 rings (SSSR count). The van der Waals surface area contributed by atoms with Crippen LogP contribution in [0.25, 0.3) is 0 Å². The molecule has 0 spiro atoms. The molecule has 0 aliphatic rings. The van der Waals surface area contributed by atoms with Crippen LogP contribution in [0.15, 0.2) is 42.5 Å². The van der Waals surface area contributed by atoms with Crippen molar-refractivity contribution in [2.75, 3.05) is 0 Å². The second kappa shape index (κ2) is 7.72. The number of carbonyl (C=O) groups excluding carboxylic acids is 1. The van der Waals surface area contributed by atoms with E-state index in [0.717, 1.165) is 5.56 Å². The van der Waals surface area contributed by atoms with Gasteiger partial charge >= 0.3 is 5.97 Å². The highest BCUT2D eigenvalue weighted by molar-refractivity contribution is 5.72. The van der Waals surface area contributed by atoms with Gasteiger partial charge in [-0.05, 0) is 25.1 Å². The van der Waals surface area contributed by atoms with Crippen LogP contribution >= 0.6 is 0 Å². The normalized spacial score (nSPS) is 10.7. The zero-order valence-electron chi connectivity index (χ0n) is 13.0. The first-order chi connectivity index (χ1) is 11.0. The van der Waals surface area contributed by atoms with Crippen LogP contribution in [-0.4, -0.2) is 5.97 Å². The number of rotatable bonds is 6. The Morgan fingerprint density at radius 1 is 1.13 bits per heavy atom. The fourth-order valence-corrected chi connectivity index (χ4v) is 2.04. The molecule has 0 radical (unpaired) electrons. The van der Waals surface area contributed by atoms with Crippen LogP contribution < -0.4 is 9.47 Å². The number of carbonyl (C=O) groups is 1. The molecule has 0 aliphatic heterocycles. The van der Waals surface area contributed by atoms with E-state index in [2.05, 4.69) is 0 Å². The standard InChI is InChI=1S/C18H18F2O3/c1-3-17(21)23-15-7-5-4-6-13(15)11-22-16-9-8-12(2)10-14(16)18(19)20/h4-10,18H,3,11H2,1-2H3. The van der Waals surface area contributed by atoms with E-state index in [-0.39, 0.29) is 30.3 Å². The van der Waals surface area contributed by atoms with Gasteiger partial charge < -0.3 is 9.47 Å². The van der Waals surface area contributed by atoms with E-state index in [9.17, 15) is 13.6 Å². The van der Waals surface area contributed by atoms with Crippen molar-refractivity contribution in [1.82, 2.24) is 0 Å². The number of halogens is 2. The number of hydrogen-bond acceptors (Lipinski definition) is 3. The average Bonchev–Trinajstić information content (AvgIpc) is 2.54. The van der Waals surface area contributed by atoms with Crippen molar-refractivity contribution in [2.45, 2.75) is 33.3 Å². The van der Waals surface area contributed by atoms with Crippen LogP contribution in [-0.2, 0) is 11.4 Å². The molecule has 0 saturated heterocycles. The Kier molecular flexibility index (Phi) is 5.68. The zero-order chi connectivity index (χ0) is 16.8. The summed E-state index contributed by atoms with van der Waals surface area (Å²) in [5, 5.41) is 0. The molecule has 0 aromatic heterocycles. The highest BCUT2D eigenvalue weighted by atomic mass is 19.3. The molecule has 0 saturated carbocycles. The van der Waals surface area contributed by atoms with Gasteiger partial charge in [-0.1, -0.05) is 36.8 Å². The van der Waals surface area contributed by atoms with Crippen LogP contribution in [0.2, 0.25) is 0 Å². The van der Waals surface area contributed by atoms with Gasteiger partial charge in [-0.15, -0.1) is 0 Å². The van der Waals surface area contributed by atoms with E-state index < -0.39 is 6.43 Å². The summed E-state index contributed by atoms with van der Waals surface area (Å²) in [6, 6.07) is 11.5. The van der Waals surface area contributed by atoms with Gasteiger partial charge in [-0.2, -0.15) is 0 Å². The lowest BCUT2D eigenvalue weighted by atomic mass is 10.1. The maximum Gasteiger partial charge on any atom is 0.310 e. The number of hydrogen-bond donors (Lipinski definition) is 0. The van der Waals surface area contributed by atoms with E-state index in [1.807, 2.05) is 0 Å². The summed E-state index contributed by atoms with van der Waals surface area (Å²) in [6.07, 6.45) is -2.36. The minimum absolute atomic E-state index is 0.0376. The van der Waals surface area contributed by atoms with Gasteiger partial charge in [0, 0.05) is 12.0 Å². The van der Waals surface area contributed by atoms with Crippen molar-refractivity contribution in [3.8, 4) is 11.5 Å². The van der Waals surface area contributed by atoms with Crippen LogP contribution in [0.5, 0.6) is 11.5 Å². The summed E-state index contributed by atoms with van der Waals surface area (Å²) in [5.41, 5.74) is 1.22. The number of benzene rings is 2. The molecule has 0 heterocycles. The lowest BCUT2D eigenvalue weighted by molar-refractivity contribution is -0.134. The van der Waals surface area contributed by atoms with Crippen LogP contribution in [0.1, 0.15) is 36.5 Å². The number of alkyl halides is 2. The van der Waals surface area contributed by atoms with Crippen molar-refractivity contribution in [2.24, 2.45) is 0 Å². The second-order valence-electron chi connectivity index (χ2n) is 5.07. The lowest BCUT2D eigenvalue weighted by Crippen LogP contribution is -2.08. The Morgan fingerprint density at radius 3 is 2.57 bits per heavy atom. The van der Waals surface area contributed by atoms with Crippen LogP contribution in [0.3, 0.4) is 0 Å². The van der Waals surface area contributed by atoms with Crippen LogP contribution in [0, 0.1) is 6.92 Å². The predicted molar refractivity (Wildman–Crippen MR) is 82.8 cm³/mol. The van der Waals surface area contributed by atoms with Gasteiger partial charge in [0.05, 0.1) is 5.56 Å². The summed E-state index contributed by atoms with van der Waals surface area (Å²) >= 11 is 0. The Labute approximate surface area is 133 Å². The fraction of sp³-hybridized carbons (Fsp3) is 0.278. The van der Waals surface area contributed by atoms with Gasteiger partial charge in [0.2, 0.25) is 0 Å². The minimum atomic E-state index is -2.61. The number of aryl methyl sites for hydroxylation is 1. The maximum atomic E-state index is 13.1. The SMILES string of the molecule is CCC(=O)Oc1ccccc1COc1ccc(C)cc1C(F)F. The molecule has 23 heavy (non-hydrogen) atoms. The quantitative estimate of drug-likeness (QED) is 0.565. The molecule has 0 amide bonds. The van der Waals surface area contributed by atoms with Gasteiger partial charge in [-0.3, -0.25) is 4.79 Å². The monoisotopic (exact) mass is 320 g/mol. The third kappa shape index (κ3) is 4.52. The van der Waals surface area contributed by atoms with Crippen molar-refractivity contribution in [3.05, 3.63) is 59.2 Å². The van der Waals surface area contributed by atoms with Gasteiger partial charge in [0.15, 0.2) is 0 Å². The third-order valence-electron chi connectivity index (χ3n) is 3.27. The molecule has 2 aromatic carbocycles. The highest BCUT2D eigenvalue weighted by Gasteiger charge is 2.15. The van der Waals surface area contributed by atoms with Gasteiger partial charge in [0.1, 0.15) is 18.1 Å². The Bertz CT molecular complexity index is 684. The molecule has 2 aromatic rings. The largest absolute Gasteiger partial charge is 0.488 e. The molecule has 122 valence electrons. The van der Waals surface area contributed by atoms with Crippen molar-refractivity contribution in [1.29, 1.82) is 0 Å². The summed E-state index contributed by atoms with van der Waals surface area (Å²) in [6.45, 7) is 3.48. The molecule has 0 fully saturated rings. The summed E-state index contributed by atoms with van der Waals surface area (Å²) < 4.78 is 36.9. The van der Waals surface area contributed by atoms with E-state index in [1.165, 1.54) is 12.1 Å². The second-order valence-corrected chi connectivity index (χ2v) is 5.07. The van der Waals surface area contributed by atoms with E-state index in [1.54, 1.807) is 44.2 Å². The Hall–Kier alpha value is -2.43.